The van der Waals surface area contributed by atoms with Crippen molar-refractivity contribution in [2.75, 3.05) is 6.61 Å². The minimum Gasteiger partial charge on any atom is -0.490 e. The summed E-state index contributed by atoms with van der Waals surface area (Å²) in [5.74, 6) is 1.17. The standard InChI is InChI=1S/C20H19ClN4O3S/c1-3-27-18-10-14(11-22-25-19(26)13(2)23-24-20(25)29)7-8-17(18)28-12-15-5-4-6-16(21)9-15/h4-11H,3,12H2,1-2H3,(H,24,29)/b22-11+. The van der Waals surface area contributed by atoms with Crippen LogP contribution in [0.3, 0.4) is 0 Å². The highest BCUT2D eigenvalue weighted by Gasteiger charge is 2.07. The van der Waals surface area contributed by atoms with Crippen molar-refractivity contribution >= 4 is 30.0 Å². The van der Waals surface area contributed by atoms with E-state index in [4.69, 9.17) is 33.3 Å². The van der Waals surface area contributed by atoms with Crippen molar-refractivity contribution in [2.45, 2.75) is 20.5 Å². The minimum atomic E-state index is -0.378. The summed E-state index contributed by atoms with van der Waals surface area (Å²) in [6.07, 6.45) is 1.52. The Morgan fingerprint density at radius 3 is 2.83 bits per heavy atom. The molecule has 150 valence electrons. The van der Waals surface area contributed by atoms with Gasteiger partial charge in [-0.1, -0.05) is 23.7 Å². The van der Waals surface area contributed by atoms with Gasteiger partial charge in [0.25, 0.3) is 5.56 Å². The summed E-state index contributed by atoms with van der Waals surface area (Å²) in [6.45, 7) is 4.30. The molecule has 0 fully saturated rings. The number of H-pyrrole nitrogens is 1. The molecule has 7 nitrogen and oxygen atoms in total. The molecule has 0 aliphatic rings. The maximum absolute atomic E-state index is 12.1. The summed E-state index contributed by atoms with van der Waals surface area (Å²) >= 11 is 11.1. The molecule has 0 aliphatic carbocycles. The lowest BCUT2D eigenvalue weighted by atomic mass is 10.2. The molecule has 1 heterocycles. The van der Waals surface area contributed by atoms with Gasteiger partial charge in [0.2, 0.25) is 4.77 Å². The zero-order chi connectivity index (χ0) is 20.8. The number of aryl methyl sites for hydroxylation is 1. The largest absolute Gasteiger partial charge is 0.490 e. The molecule has 0 saturated heterocycles. The maximum atomic E-state index is 12.1. The number of hydrogen-bond acceptors (Lipinski definition) is 6. The van der Waals surface area contributed by atoms with Crippen LogP contribution in [0.4, 0.5) is 0 Å². The summed E-state index contributed by atoms with van der Waals surface area (Å²) in [7, 11) is 0. The molecular weight excluding hydrogens is 412 g/mol. The minimum absolute atomic E-state index is 0.114. The number of ether oxygens (including phenoxy) is 2. The predicted octanol–water partition coefficient (Wildman–Crippen LogP) is 4.12. The van der Waals surface area contributed by atoms with Crippen LogP contribution in [0, 0.1) is 11.7 Å². The SMILES string of the molecule is CCOc1cc(/C=N/n2c(=S)[nH]nc(C)c2=O)ccc1OCc1cccc(Cl)c1. The van der Waals surface area contributed by atoms with Crippen molar-refractivity contribution in [1.29, 1.82) is 0 Å². The van der Waals surface area contributed by atoms with Crippen molar-refractivity contribution in [3.05, 3.63) is 79.4 Å². The van der Waals surface area contributed by atoms with Crippen LogP contribution < -0.4 is 15.0 Å². The number of rotatable bonds is 7. The van der Waals surface area contributed by atoms with Crippen molar-refractivity contribution in [3.63, 3.8) is 0 Å². The fourth-order valence-electron chi connectivity index (χ4n) is 2.48. The molecule has 0 saturated carbocycles. The molecular formula is C20H19ClN4O3S. The lowest BCUT2D eigenvalue weighted by Gasteiger charge is -2.13. The van der Waals surface area contributed by atoms with E-state index in [2.05, 4.69) is 15.3 Å². The van der Waals surface area contributed by atoms with E-state index in [0.29, 0.717) is 29.7 Å². The van der Waals surface area contributed by atoms with Gasteiger partial charge in [0, 0.05) is 5.02 Å². The van der Waals surface area contributed by atoms with Gasteiger partial charge < -0.3 is 9.47 Å². The highest BCUT2D eigenvalue weighted by Crippen LogP contribution is 2.29. The van der Waals surface area contributed by atoms with Gasteiger partial charge in [0.05, 0.1) is 12.8 Å². The topological polar surface area (TPSA) is 81.5 Å². The maximum Gasteiger partial charge on any atom is 0.296 e. The molecule has 0 atom stereocenters. The molecule has 3 aromatic rings. The van der Waals surface area contributed by atoms with Crippen molar-refractivity contribution in [2.24, 2.45) is 5.10 Å². The molecule has 9 heteroatoms. The van der Waals surface area contributed by atoms with Crippen LogP contribution in [0.15, 0.2) is 52.4 Å². The van der Waals surface area contributed by atoms with Crippen LogP contribution in [0.2, 0.25) is 5.02 Å². The Morgan fingerprint density at radius 1 is 1.24 bits per heavy atom. The second-order valence-corrected chi connectivity index (χ2v) is 6.86. The summed E-state index contributed by atoms with van der Waals surface area (Å²) < 4.78 is 12.8. The molecule has 0 unspecified atom stereocenters. The highest BCUT2D eigenvalue weighted by atomic mass is 35.5. The molecule has 1 N–H and O–H groups in total. The van der Waals surface area contributed by atoms with Crippen molar-refractivity contribution < 1.29 is 9.47 Å². The van der Waals surface area contributed by atoms with Gasteiger partial charge >= 0.3 is 0 Å². The Kier molecular flexibility index (Phi) is 6.79. The number of nitrogens with zero attached hydrogens (tertiary/aromatic N) is 3. The molecule has 1 aromatic heterocycles. The second kappa shape index (κ2) is 9.49. The fraction of sp³-hybridized carbons (Fsp3) is 0.200. The highest BCUT2D eigenvalue weighted by molar-refractivity contribution is 7.71. The molecule has 0 aliphatic heterocycles. The van der Waals surface area contributed by atoms with Crippen LogP contribution in [-0.2, 0) is 6.61 Å². The van der Waals surface area contributed by atoms with E-state index in [-0.39, 0.29) is 16.0 Å². The molecule has 3 rings (SSSR count). The third-order valence-corrected chi connectivity index (χ3v) is 4.39. The fourth-order valence-corrected chi connectivity index (χ4v) is 2.87. The van der Waals surface area contributed by atoms with E-state index in [1.807, 2.05) is 37.3 Å². The van der Waals surface area contributed by atoms with Gasteiger partial charge in [0.15, 0.2) is 11.5 Å². The first-order chi connectivity index (χ1) is 14.0. The van der Waals surface area contributed by atoms with Gasteiger partial charge in [-0.05, 0) is 67.5 Å². The van der Waals surface area contributed by atoms with E-state index in [0.717, 1.165) is 15.8 Å². The van der Waals surface area contributed by atoms with Gasteiger partial charge in [-0.15, -0.1) is 0 Å². The lowest BCUT2D eigenvalue weighted by molar-refractivity contribution is 0.269. The third kappa shape index (κ3) is 5.30. The Balaban J connectivity index is 1.83. The van der Waals surface area contributed by atoms with Gasteiger partial charge in [-0.2, -0.15) is 14.9 Å². The average Bonchev–Trinajstić information content (AvgIpc) is 2.70. The first kappa shape index (κ1) is 20.8. The normalized spacial score (nSPS) is 11.0. The van der Waals surface area contributed by atoms with Crippen LogP contribution >= 0.6 is 23.8 Å². The van der Waals surface area contributed by atoms with E-state index in [9.17, 15) is 4.79 Å². The summed E-state index contributed by atoms with van der Waals surface area (Å²) in [5.41, 5.74) is 1.57. The Morgan fingerprint density at radius 2 is 2.07 bits per heavy atom. The predicted molar refractivity (Wildman–Crippen MR) is 115 cm³/mol. The quantitative estimate of drug-likeness (QED) is 0.450. The number of aromatic nitrogens is 3. The van der Waals surface area contributed by atoms with Crippen LogP contribution in [0.1, 0.15) is 23.7 Å². The number of benzene rings is 2. The van der Waals surface area contributed by atoms with E-state index < -0.39 is 0 Å². The first-order valence-electron chi connectivity index (χ1n) is 8.84. The molecule has 2 aromatic carbocycles. The smallest absolute Gasteiger partial charge is 0.296 e. The Bertz CT molecular complexity index is 1160. The van der Waals surface area contributed by atoms with E-state index >= 15 is 0 Å². The lowest BCUT2D eigenvalue weighted by Crippen LogP contribution is -2.22. The molecule has 0 radical (unpaired) electrons. The van der Waals surface area contributed by atoms with Crippen LogP contribution in [0.25, 0.3) is 0 Å². The average molecular weight is 431 g/mol. The van der Waals surface area contributed by atoms with Crippen molar-refractivity contribution in [3.8, 4) is 11.5 Å². The third-order valence-electron chi connectivity index (χ3n) is 3.89. The number of aromatic amines is 1. The van der Waals surface area contributed by atoms with Gasteiger partial charge in [0.1, 0.15) is 12.3 Å². The zero-order valence-corrected chi connectivity index (χ0v) is 17.5. The first-order valence-corrected chi connectivity index (χ1v) is 9.63. The van der Waals surface area contributed by atoms with E-state index in [1.165, 1.54) is 6.21 Å². The van der Waals surface area contributed by atoms with Crippen LogP contribution in [0.5, 0.6) is 11.5 Å². The number of halogens is 1. The van der Waals surface area contributed by atoms with Gasteiger partial charge in [-0.3, -0.25) is 9.89 Å². The molecule has 0 amide bonds. The zero-order valence-electron chi connectivity index (χ0n) is 15.9. The Labute approximate surface area is 177 Å². The summed E-state index contributed by atoms with van der Waals surface area (Å²) in [4.78, 5) is 12.1. The molecule has 29 heavy (non-hydrogen) atoms. The van der Waals surface area contributed by atoms with E-state index in [1.54, 1.807) is 19.1 Å². The summed E-state index contributed by atoms with van der Waals surface area (Å²) in [5, 5.41) is 11.2. The monoisotopic (exact) mass is 430 g/mol. The molecule has 0 spiro atoms. The molecule has 0 bridgehead atoms. The Hall–Kier alpha value is -2.97. The number of nitrogens with one attached hydrogen (secondary N) is 1. The van der Waals surface area contributed by atoms with Crippen LogP contribution in [-0.4, -0.2) is 27.7 Å². The van der Waals surface area contributed by atoms with Crippen molar-refractivity contribution in [1.82, 2.24) is 14.9 Å². The summed E-state index contributed by atoms with van der Waals surface area (Å²) in [6, 6.07) is 12.9. The second-order valence-electron chi connectivity index (χ2n) is 6.03. The van der Waals surface area contributed by atoms with Gasteiger partial charge in [-0.25, -0.2) is 0 Å². The number of hydrogen-bond donors (Lipinski definition) is 1.